The molecule has 0 fully saturated rings. The molecule has 2 heterocycles. The Morgan fingerprint density at radius 2 is 1.68 bits per heavy atom. The predicted molar refractivity (Wildman–Crippen MR) is 120 cm³/mol. The van der Waals surface area contributed by atoms with Crippen LogP contribution in [0.3, 0.4) is 0 Å². The highest BCUT2D eigenvalue weighted by atomic mass is 16.4. The average Bonchev–Trinajstić information content (AvgIpc) is 3.29. The number of aromatic nitrogens is 4. The fourth-order valence-electron chi connectivity index (χ4n) is 3.07. The van der Waals surface area contributed by atoms with Crippen LogP contribution in [0.15, 0.2) is 71.9 Å². The van der Waals surface area contributed by atoms with Crippen LogP contribution in [0.4, 0.5) is 0 Å². The van der Waals surface area contributed by atoms with Crippen molar-refractivity contribution >= 4 is 5.70 Å². The van der Waals surface area contributed by atoms with Gasteiger partial charge in [-0.05, 0) is 30.2 Å². The van der Waals surface area contributed by atoms with E-state index < -0.39 is 6.10 Å². The maximum atomic E-state index is 9.80. The lowest BCUT2D eigenvalue weighted by Crippen LogP contribution is -2.08. The normalized spacial score (nSPS) is 11.9. The van der Waals surface area contributed by atoms with Crippen molar-refractivity contribution in [3.05, 3.63) is 78.6 Å². The van der Waals surface area contributed by atoms with E-state index in [9.17, 15) is 5.11 Å². The van der Waals surface area contributed by atoms with E-state index in [2.05, 4.69) is 26.7 Å². The Morgan fingerprint density at radius 1 is 0.968 bits per heavy atom. The summed E-state index contributed by atoms with van der Waals surface area (Å²) in [6.07, 6.45) is 2.71. The van der Waals surface area contributed by atoms with Gasteiger partial charge in [0.1, 0.15) is 5.69 Å². The number of benzene rings is 2. The van der Waals surface area contributed by atoms with Crippen LogP contribution in [0.1, 0.15) is 24.2 Å². The third-order valence-electron chi connectivity index (χ3n) is 4.95. The number of hydrogen-bond acceptors (Lipinski definition) is 7. The quantitative estimate of drug-likeness (QED) is 0.500. The van der Waals surface area contributed by atoms with Crippen molar-refractivity contribution < 1.29 is 9.52 Å². The summed E-state index contributed by atoms with van der Waals surface area (Å²) >= 11 is 0. The molecule has 0 aliphatic carbocycles. The Morgan fingerprint density at radius 3 is 2.39 bits per heavy atom. The minimum atomic E-state index is -0.578. The van der Waals surface area contributed by atoms with Crippen LogP contribution in [-0.2, 0) is 0 Å². The Hall–Kier alpha value is -3.84. The summed E-state index contributed by atoms with van der Waals surface area (Å²) in [4.78, 5) is 10.9. The molecule has 0 saturated heterocycles. The minimum Gasteiger partial charge on any atom is -0.415 e. The van der Waals surface area contributed by atoms with E-state index in [1.54, 1.807) is 19.3 Å². The first kappa shape index (κ1) is 20.4. The Balaban J connectivity index is 1.61. The molecule has 7 heteroatoms. The summed E-state index contributed by atoms with van der Waals surface area (Å²) in [6.45, 7) is 5.79. The molecule has 0 bridgehead atoms. The first-order valence-corrected chi connectivity index (χ1v) is 9.83. The number of aliphatic hydroxyl groups is 1. The molecule has 0 saturated carbocycles. The lowest BCUT2D eigenvalue weighted by atomic mass is 10.1. The van der Waals surface area contributed by atoms with Gasteiger partial charge in [-0.25, -0.2) is 4.98 Å². The standard InChI is InChI=1S/C24H23N5O2/c1-15(29(3)4)17-8-10-18(11-9-17)21-13-25-14-22(26-21)24-28-27-23(31-24)20-7-5-6-19(12-20)16(2)30/h5-14,16,30H,1H2,2-4H3. The zero-order chi connectivity index (χ0) is 22.0. The fraction of sp³-hybridized carbons (Fsp3) is 0.167. The van der Waals surface area contributed by atoms with Gasteiger partial charge < -0.3 is 14.4 Å². The second kappa shape index (κ2) is 8.49. The van der Waals surface area contributed by atoms with Crippen LogP contribution in [-0.4, -0.2) is 44.3 Å². The van der Waals surface area contributed by atoms with Crippen molar-refractivity contribution in [2.24, 2.45) is 0 Å². The summed E-state index contributed by atoms with van der Waals surface area (Å²) in [5, 5.41) is 18.1. The average molecular weight is 413 g/mol. The Bertz CT molecular complexity index is 1210. The molecular formula is C24H23N5O2. The lowest BCUT2D eigenvalue weighted by Gasteiger charge is -2.15. The Kier molecular flexibility index (Phi) is 5.60. The summed E-state index contributed by atoms with van der Waals surface area (Å²) < 4.78 is 5.83. The molecule has 2 aromatic carbocycles. The zero-order valence-corrected chi connectivity index (χ0v) is 17.6. The molecule has 1 unspecified atom stereocenters. The van der Waals surface area contributed by atoms with E-state index in [1.165, 1.54) is 0 Å². The van der Waals surface area contributed by atoms with Crippen LogP contribution in [0, 0.1) is 0 Å². The van der Waals surface area contributed by atoms with E-state index in [0.29, 0.717) is 17.3 Å². The SMILES string of the molecule is C=C(c1ccc(-c2cncc(-c3nnc(-c4cccc(C(C)O)c4)o3)n2)cc1)N(C)C. The topological polar surface area (TPSA) is 88.2 Å². The molecule has 1 N–H and O–H groups in total. The second-order valence-corrected chi connectivity index (χ2v) is 7.42. The smallest absolute Gasteiger partial charge is 0.268 e. The highest BCUT2D eigenvalue weighted by molar-refractivity contribution is 5.67. The van der Waals surface area contributed by atoms with Crippen molar-refractivity contribution in [3.63, 3.8) is 0 Å². The molecule has 0 aliphatic rings. The molecule has 4 aromatic rings. The van der Waals surface area contributed by atoms with Crippen LogP contribution in [0.2, 0.25) is 0 Å². The van der Waals surface area contributed by atoms with E-state index >= 15 is 0 Å². The summed E-state index contributed by atoms with van der Waals surface area (Å²) in [5.74, 6) is 0.639. The monoisotopic (exact) mass is 413 g/mol. The van der Waals surface area contributed by atoms with Crippen LogP contribution < -0.4 is 0 Å². The van der Waals surface area contributed by atoms with Crippen molar-refractivity contribution in [2.75, 3.05) is 14.1 Å². The van der Waals surface area contributed by atoms with Gasteiger partial charge in [0.25, 0.3) is 5.89 Å². The van der Waals surface area contributed by atoms with Crippen molar-refractivity contribution in [1.82, 2.24) is 25.1 Å². The molecule has 0 aliphatic heterocycles. The van der Waals surface area contributed by atoms with E-state index in [4.69, 9.17) is 4.42 Å². The highest BCUT2D eigenvalue weighted by Gasteiger charge is 2.14. The van der Waals surface area contributed by atoms with Gasteiger partial charge in [-0.2, -0.15) is 0 Å². The van der Waals surface area contributed by atoms with Gasteiger partial charge in [0.15, 0.2) is 0 Å². The van der Waals surface area contributed by atoms with E-state index in [0.717, 1.165) is 28.0 Å². The molecule has 156 valence electrons. The number of rotatable bonds is 6. The summed E-state index contributed by atoms with van der Waals surface area (Å²) in [5.41, 5.74) is 5.61. The fourth-order valence-corrected chi connectivity index (χ4v) is 3.07. The summed E-state index contributed by atoms with van der Waals surface area (Å²) in [7, 11) is 3.93. The van der Waals surface area contributed by atoms with Crippen LogP contribution in [0.5, 0.6) is 0 Å². The first-order valence-electron chi connectivity index (χ1n) is 9.83. The molecule has 0 radical (unpaired) electrons. The zero-order valence-electron chi connectivity index (χ0n) is 17.6. The van der Waals surface area contributed by atoms with Crippen molar-refractivity contribution in [1.29, 1.82) is 0 Å². The van der Waals surface area contributed by atoms with Gasteiger partial charge >= 0.3 is 0 Å². The maximum Gasteiger partial charge on any atom is 0.268 e. The molecular weight excluding hydrogens is 390 g/mol. The molecule has 7 nitrogen and oxygen atoms in total. The molecule has 1 atom stereocenters. The van der Waals surface area contributed by atoms with Gasteiger partial charge in [-0.15, -0.1) is 10.2 Å². The van der Waals surface area contributed by atoms with Gasteiger partial charge in [0.2, 0.25) is 5.89 Å². The molecule has 4 rings (SSSR count). The lowest BCUT2D eigenvalue weighted by molar-refractivity contribution is 0.199. The molecule has 0 spiro atoms. The van der Waals surface area contributed by atoms with Crippen LogP contribution in [0.25, 0.3) is 40.0 Å². The van der Waals surface area contributed by atoms with Gasteiger partial charge in [-0.3, -0.25) is 4.98 Å². The predicted octanol–water partition coefficient (Wildman–Crippen LogP) is 4.45. The van der Waals surface area contributed by atoms with Gasteiger partial charge in [-0.1, -0.05) is 43.0 Å². The number of hydrogen-bond donors (Lipinski definition) is 1. The maximum absolute atomic E-state index is 9.80. The van der Waals surface area contributed by atoms with Gasteiger partial charge in [0.05, 0.1) is 24.2 Å². The third-order valence-corrected chi connectivity index (χ3v) is 4.95. The molecule has 2 aromatic heterocycles. The Labute approximate surface area is 180 Å². The molecule has 31 heavy (non-hydrogen) atoms. The highest BCUT2D eigenvalue weighted by Crippen LogP contribution is 2.27. The largest absolute Gasteiger partial charge is 0.415 e. The summed E-state index contributed by atoms with van der Waals surface area (Å²) in [6, 6.07) is 15.4. The third kappa shape index (κ3) is 4.36. The minimum absolute atomic E-state index is 0.282. The molecule has 0 amide bonds. The second-order valence-electron chi connectivity index (χ2n) is 7.42. The first-order chi connectivity index (χ1) is 14.9. The van der Waals surface area contributed by atoms with Crippen molar-refractivity contribution in [3.8, 4) is 34.3 Å². The number of nitrogens with zero attached hydrogens (tertiary/aromatic N) is 5. The van der Waals surface area contributed by atoms with E-state index in [1.807, 2.05) is 67.5 Å². The van der Waals surface area contributed by atoms with E-state index in [-0.39, 0.29) is 5.89 Å². The number of aliphatic hydroxyl groups excluding tert-OH is 1. The van der Waals surface area contributed by atoms with Crippen LogP contribution >= 0.6 is 0 Å². The van der Waals surface area contributed by atoms with Gasteiger partial charge in [0, 0.05) is 30.9 Å². The van der Waals surface area contributed by atoms with Crippen molar-refractivity contribution in [2.45, 2.75) is 13.0 Å².